The number of hydrogen-bond donors (Lipinski definition) is 2. The normalized spacial score (nSPS) is 16.4. The van der Waals surface area contributed by atoms with Crippen molar-refractivity contribution >= 4 is 11.6 Å². The molecule has 0 aromatic heterocycles. The first kappa shape index (κ1) is 11.9. The van der Waals surface area contributed by atoms with Crippen LogP contribution in [0, 0.1) is 0 Å². The SMILES string of the molecule is CNC(CN1CCCc2ccccc21)C(N)=O. The van der Waals surface area contributed by atoms with Crippen molar-refractivity contribution < 1.29 is 4.79 Å². The Balaban J connectivity index is 2.15. The van der Waals surface area contributed by atoms with E-state index in [2.05, 4.69) is 28.4 Å². The maximum Gasteiger partial charge on any atom is 0.236 e. The highest BCUT2D eigenvalue weighted by Gasteiger charge is 2.21. The van der Waals surface area contributed by atoms with Gasteiger partial charge in [0.2, 0.25) is 5.91 Å². The zero-order valence-corrected chi connectivity index (χ0v) is 10.1. The van der Waals surface area contributed by atoms with E-state index >= 15 is 0 Å². The molecular weight excluding hydrogens is 214 g/mol. The number of rotatable bonds is 4. The second-order valence-corrected chi connectivity index (χ2v) is 4.42. The first-order chi connectivity index (χ1) is 8.22. The number of aryl methyl sites for hydroxylation is 1. The molecule has 17 heavy (non-hydrogen) atoms. The fourth-order valence-corrected chi connectivity index (χ4v) is 2.35. The van der Waals surface area contributed by atoms with Crippen molar-refractivity contribution in [2.45, 2.75) is 18.9 Å². The molecule has 0 spiro atoms. The number of para-hydroxylation sites is 1. The molecule has 1 unspecified atom stereocenters. The standard InChI is InChI=1S/C13H19N3O/c1-15-11(13(14)17)9-16-8-4-6-10-5-2-3-7-12(10)16/h2-3,5,7,11,15H,4,6,8-9H2,1H3,(H2,14,17). The van der Waals surface area contributed by atoms with Gasteiger partial charge in [0.15, 0.2) is 0 Å². The summed E-state index contributed by atoms with van der Waals surface area (Å²) in [4.78, 5) is 13.5. The third-order valence-corrected chi connectivity index (χ3v) is 3.30. The highest BCUT2D eigenvalue weighted by molar-refractivity contribution is 5.80. The van der Waals surface area contributed by atoms with E-state index in [1.807, 2.05) is 6.07 Å². The van der Waals surface area contributed by atoms with E-state index in [-0.39, 0.29) is 11.9 Å². The largest absolute Gasteiger partial charge is 0.369 e. The Kier molecular flexibility index (Phi) is 3.64. The van der Waals surface area contributed by atoms with Gasteiger partial charge in [-0.25, -0.2) is 0 Å². The number of primary amides is 1. The van der Waals surface area contributed by atoms with Crippen LogP contribution in [0.1, 0.15) is 12.0 Å². The molecule has 92 valence electrons. The summed E-state index contributed by atoms with van der Waals surface area (Å²) >= 11 is 0. The van der Waals surface area contributed by atoms with Crippen molar-refractivity contribution in [2.24, 2.45) is 5.73 Å². The Morgan fingerprint density at radius 1 is 1.53 bits per heavy atom. The van der Waals surface area contributed by atoms with Crippen LogP contribution in [0.4, 0.5) is 5.69 Å². The van der Waals surface area contributed by atoms with Crippen molar-refractivity contribution in [3.8, 4) is 0 Å². The lowest BCUT2D eigenvalue weighted by molar-refractivity contribution is -0.119. The molecular formula is C13H19N3O. The van der Waals surface area contributed by atoms with E-state index < -0.39 is 0 Å². The number of amides is 1. The molecule has 0 saturated carbocycles. The Labute approximate surface area is 102 Å². The minimum absolute atomic E-state index is 0.291. The fraction of sp³-hybridized carbons (Fsp3) is 0.462. The minimum atomic E-state index is -0.296. The van der Waals surface area contributed by atoms with Crippen molar-refractivity contribution in [1.29, 1.82) is 0 Å². The zero-order chi connectivity index (χ0) is 12.3. The first-order valence-electron chi connectivity index (χ1n) is 6.02. The predicted molar refractivity (Wildman–Crippen MR) is 69.0 cm³/mol. The van der Waals surface area contributed by atoms with Crippen molar-refractivity contribution in [3.63, 3.8) is 0 Å². The van der Waals surface area contributed by atoms with Crippen LogP contribution in [-0.2, 0) is 11.2 Å². The van der Waals surface area contributed by atoms with Gasteiger partial charge < -0.3 is 16.0 Å². The number of carbonyl (C=O) groups excluding carboxylic acids is 1. The number of nitrogens with one attached hydrogen (secondary N) is 1. The summed E-state index contributed by atoms with van der Waals surface area (Å²) in [7, 11) is 1.77. The van der Waals surface area contributed by atoms with Crippen molar-refractivity contribution in [2.75, 3.05) is 25.0 Å². The molecule has 4 nitrogen and oxygen atoms in total. The third-order valence-electron chi connectivity index (χ3n) is 3.30. The quantitative estimate of drug-likeness (QED) is 0.797. The molecule has 1 aromatic carbocycles. The van der Waals surface area contributed by atoms with Gasteiger partial charge in [-0.1, -0.05) is 18.2 Å². The summed E-state index contributed by atoms with van der Waals surface area (Å²) in [6.45, 7) is 1.63. The monoisotopic (exact) mass is 233 g/mol. The number of fused-ring (bicyclic) bond motifs is 1. The molecule has 0 radical (unpaired) electrons. The van der Waals surface area contributed by atoms with Crippen LogP contribution in [0.15, 0.2) is 24.3 Å². The van der Waals surface area contributed by atoms with E-state index in [0.717, 1.165) is 19.4 Å². The molecule has 0 aliphatic carbocycles. The number of benzene rings is 1. The Morgan fingerprint density at radius 3 is 3.00 bits per heavy atom. The van der Waals surface area contributed by atoms with E-state index in [0.29, 0.717) is 6.54 Å². The summed E-state index contributed by atoms with van der Waals surface area (Å²) in [5.74, 6) is -0.296. The second-order valence-electron chi connectivity index (χ2n) is 4.42. The summed E-state index contributed by atoms with van der Waals surface area (Å²) in [6, 6.07) is 8.07. The number of nitrogens with zero attached hydrogens (tertiary/aromatic N) is 1. The second kappa shape index (κ2) is 5.19. The molecule has 0 fully saturated rings. The van der Waals surface area contributed by atoms with Gasteiger partial charge in [0.05, 0.1) is 0 Å². The highest BCUT2D eigenvalue weighted by atomic mass is 16.1. The lowest BCUT2D eigenvalue weighted by atomic mass is 10.0. The van der Waals surface area contributed by atoms with E-state index in [9.17, 15) is 4.79 Å². The van der Waals surface area contributed by atoms with E-state index in [4.69, 9.17) is 5.73 Å². The van der Waals surface area contributed by atoms with Crippen LogP contribution in [0.2, 0.25) is 0 Å². The average Bonchev–Trinajstić information content (AvgIpc) is 2.35. The van der Waals surface area contributed by atoms with Gasteiger partial charge in [-0.05, 0) is 31.5 Å². The number of hydrogen-bond acceptors (Lipinski definition) is 3. The molecule has 4 heteroatoms. The molecule has 1 aromatic rings. The predicted octanol–water partition coefficient (Wildman–Crippen LogP) is 0.512. The molecule has 1 amide bonds. The van der Waals surface area contributed by atoms with Crippen LogP contribution in [0.5, 0.6) is 0 Å². The van der Waals surface area contributed by atoms with Gasteiger partial charge in [-0.2, -0.15) is 0 Å². The number of carbonyl (C=O) groups is 1. The lowest BCUT2D eigenvalue weighted by Gasteiger charge is -2.33. The van der Waals surface area contributed by atoms with Crippen LogP contribution in [0.25, 0.3) is 0 Å². The third kappa shape index (κ3) is 2.58. The molecule has 3 N–H and O–H groups in total. The molecule has 1 atom stereocenters. The maximum atomic E-state index is 11.2. The van der Waals surface area contributed by atoms with Gasteiger partial charge in [-0.15, -0.1) is 0 Å². The Bertz CT molecular complexity index is 405. The Morgan fingerprint density at radius 2 is 2.29 bits per heavy atom. The molecule has 0 saturated heterocycles. The van der Waals surface area contributed by atoms with Crippen molar-refractivity contribution in [1.82, 2.24) is 5.32 Å². The van der Waals surface area contributed by atoms with Gasteiger partial charge in [0, 0.05) is 18.8 Å². The number of nitrogens with two attached hydrogens (primary N) is 1. The van der Waals surface area contributed by atoms with E-state index in [1.165, 1.54) is 11.3 Å². The van der Waals surface area contributed by atoms with Crippen LogP contribution in [0.3, 0.4) is 0 Å². The first-order valence-corrected chi connectivity index (χ1v) is 6.02. The lowest BCUT2D eigenvalue weighted by Crippen LogP contribution is -2.49. The van der Waals surface area contributed by atoms with Crippen molar-refractivity contribution in [3.05, 3.63) is 29.8 Å². The molecule has 0 bridgehead atoms. The van der Waals surface area contributed by atoms with Crippen LogP contribution < -0.4 is 16.0 Å². The smallest absolute Gasteiger partial charge is 0.236 e. The van der Waals surface area contributed by atoms with Crippen LogP contribution >= 0.6 is 0 Å². The van der Waals surface area contributed by atoms with Gasteiger partial charge in [0.25, 0.3) is 0 Å². The zero-order valence-electron chi connectivity index (χ0n) is 10.1. The van der Waals surface area contributed by atoms with E-state index in [1.54, 1.807) is 7.05 Å². The summed E-state index contributed by atoms with van der Waals surface area (Å²) in [5, 5.41) is 2.96. The summed E-state index contributed by atoms with van der Waals surface area (Å²) in [5.41, 5.74) is 7.95. The topological polar surface area (TPSA) is 58.4 Å². The maximum absolute atomic E-state index is 11.2. The molecule has 1 aliphatic heterocycles. The summed E-state index contributed by atoms with van der Waals surface area (Å²) in [6.07, 6.45) is 2.25. The van der Waals surface area contributed by atoms with Gasteiger partial charge in [0.1, 0.15) is 6.04 Å². The van der Waals surface area contributed by atoms with Crippen LogP contribution in [-0.4, -0.2) is 32.1 Å². The minimum Gasteiger partial charge on any atom is -0.369 e. The van der Waals surface area contributed by atoms with Gasteiger partial charge in [-0.3, -0.25) is 4.79 Å². The number of anilines is 1. The average molecular weight is 233 g/mol. The molecule has 1 heterocycles. The van der Waals surface area contributed by atoms with Gasteiger partial charge >= 0.3 is 0 Å². The Hall–Kier alpha value is -1.55. The molecule has 1 aliphatic rings. The fourth-order valence-electron chi connectivity index (χ4n) is 2.35. The number of likely N-dealkylation sites (N-methyl/N-ethyl adjacent to an activating group) is 1. The summed E-state index contributed by atoms with van der Waals surface area (Å²) < 4.78 is 0. The highest BCUT2D eigenvalue weighted by Crippen LogP contribution is 2.26. The molecule has 2 rings (SSSR count).